The largest absolute Gasteiger partial charge is 1.00 e. The van der Waals surface area contributed by atoms with E-state index in [0.29, 0.717) is 6.04 Å². The fourth-order valence-electron chi connectivity index (χ4n) is 4.71. The van der Waals surface area contributed by atoms with E-state index in [-0.39, 0.29) is 24.8 Å². The highest BCUT2D eigenvalue weighted by atomic mass is 35.5. The minimum atomic E-state index is 0. The number of likely N-dealkylation sites (tertiary alicyclic amines) is 1. The number of ether oxygens (including phenoxy) is 2. The Morgan fingerprint density at radius 2 is 1.29 bits per heavy atom. The molecule has 1 atom stereocenters. The minimum absolute atomic E-state index is 0. The van der Waals surface area contributed by atoms with Crippen LogP contribution in [0.2, 0.25) is 0 Å². The van der Waals surface area contributed by atoms with Crippen LogP contribution >= 0.6 is 12.4 Å². The maximum Gasteiger partial charge on any atom is 0.118 e. The highest BCUT2D eigenvalue weighted by Crippen LogP contribution is 2.22. The molecule has 2 aromatic carbocycles. The van der Waals surface area contributed by atoms with Crippen LogP contribution in [0.15, 0.2) is 48.5 Å². The standard InChI is InChI=1S/C25H37N2O2.2ClH/c1-28-24-13-9-21(10-14-24)6-3-17-27(19-5-8-23(26)20-27)18-4-7-22-11-15-25(29-2)16-12-22;;/h9-16,23H,3-8,17-20,26H2,1-2H3;2*1H/q+1;;/p-1. The molecule has 1 fully saturated rings. The van der Waals surface area contributed by atoms with Crippen molar-refractivity contribution < 1.29 is 26.4 Å². The Bertz CT molecular complexity index is 685. The normalized spacial score (nSPS) is 17.2. The number of benzene rings is 2. The first-order valence-electron chi connectivity index (χ1n) is 11.0. The Morgan fingerprint density at radius 1 is 0.839 bits per heavy atom. The Morgan fingerprint density at radius 3 is 1.68 bits per heavy atom. The van der Waals surface area contributed by atoms with Crippen molar-refractivity contribution in [1.29, 1.82) is 0 Å². The van der Waals surface area contributed by atoms with Gasteiger partial charge < -0.3 is 32.1 Å². The van der Waals surface area contributed by atoms with E-state index in [1.54, 1.807) is 14.2 Å². The molecule has 1 aliphatic rings. The zero-order chi connectivity index (χ0) is 20.5. The molecule has 0 bridgehead atoms. The molecule has 2 aromatic rings. The van der Waals surface area contributed by atoms with Crippen molar-refractivity contribution in [2.24, 2.45) is 5.73 Å². The van der Waals surface area contributed by atoms with Gasteiger partial charge in [0.1, 0.15) is 11.5 Å². The maximum atomic E-state index is 6.40. The van der Waals surface area contributed by atoms with Crippen LogP contribution in [0.4, 0.5) is 0 Å². The molecule has 0 aliphatic carbocycles. The molecule has 1 saturated heterocycles. The number of nitrogens with two attached hydrogens (primary N) is 1. The first-order chi connectivity index (χ1) is 14.1. The van der Waals surface area contributed by atoms with Crippen molar-refractivity contribution in [2.75, 3.05) is 40.4 Å². The Balaban J connectivity index is 0.00000240. The minimum Gasteiger partial charge on any atom is -1.00 e. The van der Waals surface area contributed by atoms with Crippen molar-refractivity contribution in [2.45, 2.75) is 44.6 Å². The number of aryl methyl sites for hydroxylation is 2. The monoisotopic (exact) mass is 468 g/mol. The van der Waals surface area contributed by atoms with Gasteiger partial charge >= 0.3 is 0 Å². The number of nitrogens with zero attached hydrogens (tertiary/aromatic N) is 1. The van der Waals surface area contributed by atoms with Crippen LogP contribution in [0.3, 0.4) is 0 Å². The molecule has 0 amide bonds. The first-order valence-corrected chi connectivity index (χ1v) is 11.0. The number of hydrogen-bond donors (Lipinski definition) is 1. The van der Waals surface area contributed by atoms with Gasteiger partial charge in [0.05, 0.1) is 46.4 Å². The van der Waals surface area contributed by atoms with E-state index in [4.69, 9.17) is 15.2 Å². The highest BCUT2D eigenvalue weighted by Gasteiger charge is 2.32. The lowest BCUT2D eigenvalue weighted by atomic mass is 10.00. The Labute approximate surface area is 200 Å². The number of hydrogen-bond acceptors (Lipinski definition) is 3. The van der Waals surface area contributed by atoms with Gasteiger partial charge in [-0.2, -0.15) is 0 Å². The summed E-state index contributed by atoms with van der Waals surface area (Å²) in [6.45, 7) is 4.86. The topological polar surface area (TPSA) is 44.5 Å². The smallest absolute Gasteiger partial charge is 0.118 e. The molecule has 6 heteroatoms. The fourth-order valence-corrected chi connectivity index (χ4v) is 4.71. The van der Waals surface area contributed by atoms with Crippen molar-refractivity contribution in [3.63, 3.8) is 0 Å². The van der Waals surface area contributed by atoms with Gasteiger partial charge in [0.25, 0.3) is 0 Å². The lowest BCUT2D eigenvalue weighted by Gasteiger charge is -2.44. The molecule has 3 rings (SSSR count). The molecule has 0 spiro atoms. The summed E-state index contributed by atoms with van der Waals surface area (Å²) in [6.07, 6.45) is 7.10. The second-order valence-electron chi connectivity index (χ2n) is 8.50. The van der Waals surface area contributed by atoms with Crippen LogP contribution in [-0.4, -0.2) is 50.9 Å². The van der Waals surface area contributed by atoms with Gasteiger partial charge in [-0.15, -0.1) is 12.4 Å². The van der Waals surface area contributed by atoms with E-state index < -0.39 is 0 Å². The predicted molar refractivity (Wildman–Crippen MR) is 127 cm³/mol. The summed E-state index contributed by atoms with van der Waals surface area (Å²) in [6, 6.07) is 17.4. The van der Waals surface area contributed by atoms with Gasteiger partial charge in [-0.3, -0.25) is 0 Å². The summed E-state index contributed by atoms with van der Waals surface area (Å²) in [7, 11) is 3.43. The number of rotatable bonds is 10. The summed E-state index contributed by atoms with van der Waals surface area (Å²) in [5, 5.41) is 0. The molecule has 4 nitrogen and oxygen atoms in total. The van der Waals surface area contributed by atoms with Gasteiger partial charge in [-0.1, -0.05) is 24.3 Å². The van der Waals surface area contributed by atoms with Crippen LogP contribution in [0, 0.1) is 0 Å². The van der Waals surface area contributed by atoms with Gasteiger partial charge in [0.2, 0.25) is 0 Å². The fraction of sp³-hybridized carbons (Fsp3) is 0.520. The van der Waals surface area contributed by atoms with Crippen LogP contribution in [0.5, 0.6) is 11.5 Å². The third-order valence-corrected chi connectivity index (χ3v) is 6.34. The Kier molecular flexibility index (Phi) is 12.3. The quantitative estimate of drug-likeness (QED) is 0.538. The molecule has 0 radical (unpaired) electrons. The number of methoxy groups -OCH3 is 2. The lowest BCUT2D eigenvalue weighted by Crippen LogP contribution is -3.00. The van der Waals surface area contributed by atoms with Crippen molar-refractivity contribution >= 4 is 12.4 Å². The first kappa shape index (κ1) is 27.6. The van der Waals surface area contributed by atoms with Crippen molar-refractivity contribution in [1.82, 2.24) is 0 Å². The van der Waals surface area contributed by atoms with Gasteiger partial charge in [-0.25, -0.2) is 0 Å². The van der Waals surface area contributed by atoms with E-state index in [2.05, 4.69) is 48.5 Å². The van der Waals surface area contributed by atoms with E-state index in [1.807, 2.05) is 0 Å². The zero-order valence-electron chi connectivity index (χ0n) is 18.9. The maximum absolute atomic E-state index is 6.40. The second-order valence-corrected chi connectivity index (χ2v) is 8.50. The molecule has 0 saturated carbocycles. The molecule has 1 aliphatic heterocycles. The third kappa shape index (κ3) is 8.53. The molecule has 2 N–H and O–H groups in total. The predicted octanol–water partition coefficient (Wildman–Crippen LogP) is 1.63. The van der Waals surface area contributed by atoms with Crippen LogP contribution in [-0.2, 0) is 12.8 Å². The number of halogens is 2. The van der Waals surface area contributed by atoms with Crippen LogP contribution in [0.25, 0.3) is 0 Å². The van der Waals surface area contributed by atoms with Crippen molar-refractivity contribution in [3.8, 4) is 11.5 Å². The summed E-state index contributed by atoms with van der Waals surface area (Å²) in [4.78, 5) is 0. The van der Waals surface area contributed by atoms with Gasteiger partial charge in [-0.05, 0) is 61.1 Å². The number of piperidine rings is 1. The van der Waals surface area contributed by atoms with Crippen LogP contribution < -0.4 is 27.6 Å². The van der Waals surface area contributed by atoms with Crippen LogP contribution in [0.1, 0.15) is 36.8 Å². The molecule has 0 aromatic heterocycles. The molecule has 174 valence electrons. The lowest BCUT2D eigenvalue weighted by molar-refractivity contribution is -0.933. The Hall–Kier alpha value is -1.46. The average Bonchev–Trinajstić information content (AvgIpc) is 2.75. The third-order valence-electron chi connectivity index (χ3n) is 6.34. The average molecular weight is 469 g/mol. The number of quaternary nitrogens is 1. The molecule has 31 heavy (non-hydrogen) atoms. The summed E-state index contributed by atoms with van der Waals surface area (Å²) < 4.78 is 11.7. The SMILES string of the molecule is COc1ccc(CCC[N+]2(CCCc3ccc(OC)cc3)CCCC(N)C2)cc1.Cl.[Cl-]. The van der Waals surface area contributed by atoms with E-state index in [1.165, 1.54) is 60.9 Å². The zero-order valence-corrected chi connectivity index (χ0v) is 20.5. The molecular formula is C25H38Cl2N2O2. The molecule has 1 unspecified atom stereocenters. The van der Waals surface area contributed by atoms with E-state index >= 15 is 0 Å². The summed E-state index contributed by atoms with van der Waals surface area (Å²) in [5.41, 5.74) is 9.18. The van der Waals surface area contributed by atoms with E-state index in [0.717, 1.165) is 30.9 Å². The molecular weight excluding hydrogens is 431 g/mol. The highest BCUT2D eigenvalue weighted by molar-refractivity contribution is 5.85. The second kappa shape index (κ2) is 13.8. The van der Waals surface area contributed by atoms with Gasteiger partial charge in [0, 0.05) is 12.8 Å². The van der Waals surface area contributed by atoms with Gasteiger partial charge in [0.15, 0.2) is 0 Å². The summed E-state index contributed by atoms with van der Waals surface area (Å²) in [5.74, 6) is 1.86. The summed E-state index contributed by atoms with van der Waals surface area (Å²) >= 11 is 0. The van der Waals surface area contributed by atoms with E-state index in [9.17, 15) is 0 Å². The molecule has 1 heterocycles. The van der Waals surface area contributed by atoms with Crippen molar-refractivity contribution in [3.05, 3.63) is 59.7 Å².